The Morgan fingerprint density at radius 2 is 1.05 bits per heavy atom. The predicted molar refractivity (Wildman–Crippen MR) is 255 cm³/mol. The largest absolute Gasteiger partial charge is 0.483 e. The maximum Gasteiger partial charge on any atom is 0.290 e. The summed E-state index contributed by atoms with van der Waals surface area (Å²) < 4.78 is 6.29. The molecule has 0 bridgehead atoms. The summed E-state index contributed by atoms with van der Waals surface area (Å²) in [5.74, 6) is -0.0389. The zero-order valence-electron chi connectivity index (χ0n) is 36.8. The van der Waals surface area contributed by atoms with Crippen LogP contribution in [0.15, 0.2) is 85.7 Å². The van der Waals surface area contributed by atoms with Crippen molar-refractivity contribution in [1.29, 1.82) is 0 Å². The van der Waals surface area contributed by atoms with Crippen LogP contribution < -0.4 is 10.6 Å². The van der Waals surface area contributed by atoms with Gasteiger partial charge in [-0.2, -0.15) is 0 Å². The number of amides is 2. The smallest absolute Gasteiger partial charge is 0.290 e. The van der Waals surface area contributed by atoms with E-state index in [0.717, 1.165) is 116 Å². The normalized spacial score (nSPS) is 11.2. The minimum atomic E-state index is -0.250. The van der Waals surface area contributed by atoms with Crippen molar-refractivity contribution in [2.75, 3.05) is 52.4 Å². The molecule has 6 aromatic heterocycles. The number of rotatable bonds is 16. The molecule has 63 heavy (non-hydrogen) atoms. The molecular formula is C47H56N10O4S2. The van der Waals surface area contributed by atoms with Gasteiger partial charge >= 0.3 is 0 Å². The Kier molecular flexibility index (Phi) is 16.5. The molecule has 0 aliphatic heterocycles. The molecule has 14 nitrogen and oxygen atoms in total. The van der Waals surface area contributed by atoms with Gasteiger partial charge in [0.1, 0.15) is 0 Å². The molecule has 0 aliphatic carbocycles. The lowest BCUT2D eigenvalue weighted by atomic mass is 10.2. The van der Waals surface area contributed by atoms with Crippen LogP contribution in [-0.2, 0) is 4.79 Å². The molecule has 0 spiro atoms. The van der Waals surface area contributed by atoms with E-state index in [1.165, 1.54) is 0 Å². The number of thiazole rings is 2. The molecule has 8 aromatic rings. The van der Waals surface area contributed by atoms with Gasteiger partial charge in [0, 0.05) is 72.5 Å². The number of nitrogens with one attached hydrogen (secondary N) is 2. The molecular weight excluding hydrogens is 833 g/mol. The van der Waals surface area contributed by atoms with Gasteiger partial charge in [-0.1, -0.05) is 50.4 Å². The van der Waals surface area contributed by atoms with Gasteiger partial charge in [-0.25, -0.2) is 9.97 Å². The number of hydrogen-bond donors (Lipinski definition) is 3. The summed E-state index contributed by atoms with van der Waals surface area (Å²) in [5, 5.41) is 13.0. The average Bonchev–Trinajstić information content (AvgIpc) is 4.06. The average molecular weight is 889 g/mol. The van der Waals surface area contributed by atoms with Crippen LogP contribution in [0.4, 0.5) is 0 Å². The second-order valence-electron chi connectivity index (χ2n) is 15.0. The number of fused-ring (bicyclic) bond motifs is 6. The standard InChI is InChI=1S/2C23H27N5OS.CH2O2/c2*1-4-27(5-2)10-6-9-25-22(29)17-7-8-20-21(12-17)30-23-26-19(15-28(20)23)18-11-16(3)13-24-14-18;2-1-3/h2*7-8,11-15H,4-6,9-10H2,1-3H3,(H,25,29);1H,(H,2,3). The highest BCUT2D eigenvalue weighted by Crippen LogP contribution is 2.32. The number of carboxylic acid groups (broad SMARTS) is 1. The number of nitrogens with zero attached hydrogens (tertiary/aromatic N) is 8. The molecule has 16 heteroatoms. The van der Waals surface area contributed by atoms with E-state index in [1.54, 1.807) is 22.7 Å². The van der Waals surface area contributed by atoms with Gasteiger partial charge in [0.25, 0.3) is 18.3 Å². The third-order valence-electron chi connectivity index (χ3n) is 10.7. The van der Waals surface area contributed by atoms with Gasteiger partial charge in [0.05, 0.1) is 31.8 Å². The highest BCUT2D eigenvalue weighted by atomic mass is 32.1. The van der Waals surface area contributed by atoms with Gasteiger partial charge in [0.15, 0.2) is 9.92 Å². The fourth-order valence-electron chi connectivity index (χ4n) is 7.25. The van der Waals surface area contributed by atoms with Gasteiger partial charge in [-0.15, -0.1) is 0 Å². The van der Waals surface area contributed by atoms with Crippen LogP contribution in [0.25, 0.3) is 52.9 Å². The zero-order valence-corrected chi connectivity index (χ0v) is 38.4. The molecule has 8 rings (SSSR count). The molecule has 2 aromatic carbocycles. The second-order valence-corrected chi connectivity index (χ2v) is 17.0. The molecule has 330 valence electrons. The van der Waals surface area contributed by atoms with Crippen molar-refractivity contribution < 1.29 is 19.5 Å². The van der Waals surface area contributed by atoms with E-state index in [4.69, 9.17) is 19.9 Å². The number of benzene rings is 2. The van der Waals surface area contributed by atoms with E-state index < -0.39 is 0 Å². The Morgan fingerprint density at radius 1 is 0.651 bits per heavy atom. The lowest BCUT2D eigenvalue weighted by Gasteiger charge is -2.17. The third kappa shape index (κ3) is 11.7. The predicted octanol–water partition coefficient (Wildman–Crippen LogP) is 8.46. The van der Waals surface area contributed by atoms with E-state index in [-0.39, 0.29) is 18.3 Å². The SMILES string of the molecule is CCN(CC)CCCNC(=O)c1ccc2c(c1)sc1nc(-c3cncc(C)c3)cn12.CCN(CC)CCCNC(=O)c1ccc2c(c1)sc1nc(-c3cncc(C)c3)cn12.O=CO. The van der Waals surface area contributed by atoms with Crippen molar-refractivity contribution in [3.05, 3.63) is 108 Å². The van der Waals surface area contributed by atoms with E-state index in [2.05, 4.69) is 79.0 Å². The van der Waals surface area contributed by atoms with Crippen LogP contribution in [0.3, 0.4) is 0 Å². The number of carbonyl (C=O) groups is 3. The van der Waals surface area contributed by atoms with Crippen LogP contribution in [0.5, 0.6) is 0 Å². The number of aromatic nitrogens is 6. The molecule has 6 heterocycles. The summed E-state index contributed by atoms with van der Waals surface area (Å²) >= 11 is 3.19. The first kappa shape index (κ1) is 46.4. The minimum absolute atomic E-state index is 0.0194. The third-order valence-corrected chi connectivity index (χ3v) is 12.8. The monoisotopic (exact) mass is 888 g/mol. The summed E-state index contributed by atoms with van der Waals surface area (Å²) in [4.78, 5) is 58.1. The van der Waals surface area contributed by atoms with Gasteiger partial charge in [-0.3, -0.25) is 33.2 Å². The second kappa shape index (κ2) is 22.3. The van der Waals surface area contributed by atoms with Crippen LogP contribution in [0, 0.1) is 13.8 Å². The Balaban J connectivity index is 0.000000198. The lowest BCUT2D eigenvalue weighted by Crippen LogP contribution is -2.29. The van der Waals surface area contributed by atoms with Crippen molar-refractivity contribution in [3.8, 4) is 22.5 Å². The van der Waals surface area contributed by atoms with Crippen molar-refractivity contribution >= 4 is 71.3 Å². The van der Waals surface area contributed by atoms with Crippen molar-refractivity contribution in [3.63, 3.8) is 0 Å². The quantitative estimate of drug-likeness (QED) is 0.0634. The maximum absolute atomic E-state index is 12.5. The summed E-state index contributed by atoms with van der Waals surface area (Å²) in [7, 11) is 0. The highest BCUT2D eigenvalue weighted by Gasteiger charge is 2.15. The Morgan fingerprint density at radius 3 is 1.41 bits per heavy atom. The number of hydrogen-bond acceptors (Lipinski definition) is 11. The summed E-state index contributed by atoms with van der Waals surface area (Å²) in [5.41, 5.74) is 9.59. The van der Waals surface area contributed by atoms with Gasteiger partial charge in [-0.05, 0) is 126 Å². The molecule has 0 fully saturated rings. The van der Waals surface area contributed by atoms with Gasteiger partial charge in [0.2, 0.25) is 0 Å². The molecule has 0 atom stereocenters. The van der Waals surface area contributed by atoms with Gasteiger partial charge < -0.3 is 25.5 Å². The topological polar surface area (TPSA) is 162 Å². The van der Waals surface area contributed by atoms with E-state index in [9.17, 15) is 9.59 Å². The fourth-order valence-corrected chi connectivity index (χ4v) is 9.34. The number of aryl methyl sites for hydroxylation is 2. The first-order valence-corrected chi connectivity index (χ1v) is 23.0. The Bertz CT molecular complexity index is 2600. The number of imidazole rings is 2. The number of pyridine rings is 2. The molecule has 0 saturated carbocycles. The first-order valence-electron chi connectivity index (χ1n) is 21.4. The lowest BCUT2D eigenvalue weighted by molar-refractivity contribution is -0.122. The van der Waals surface area contributed by atoms with Crippen LogP contribution in [0.1, 0.15) is 72.4 Å². The van der Waals surface area contributed by atoms with E-state index in [0.29, 0.717) is 24.2 Å². The summed E-state index contributed by atoms with van der Waals surface area (Å²) in [6, 6.07) is 15.9. The summed E-state index contributed by atoms with van der Waals surface area (Å²) in [6.45, 7) is 20.0. The molecule has 0 saturated heterocycles. The minimum Gasteiger partial charge on any atom is -0.483 e. The summed E-state index contributed by atoms with van der Waals surface area (Å²) in [6.07, 6.45) is 13.4. The molecule has 2 amide bonds. The molecule has 0 aliphatic rings. The zero-order chi connectivity index (χ0) is 44.9. The van der Waals surface area contributed by atoms with Crippen molar-refractivity contribution in [2.45, 2.75) is 54.4 Å². The first-order chi connectivity index (χ1) is 30.6. The molecule has 0 radical (unpaired) electrons. The van der Waals surface area contributed by atoms with E-state index in [1.807, 2.05) is 87.4 Å². The Labute approximate surface area is 375 Å². The molecule has 3 N–H and O–H groups in total. The van der Waals surface area contributed by atoms with Crippen LogP contribution in [0.2, 0.25) is 0 Å². The van der Waals surface area contributed by atoms with Crippen molar-refractivity contribution in [1.82, 2.24) is 49.2 Å². The maximum atomic E-state index is 12.5. The van der Waals surface area contributed by atoms with Crippen LogP contribution >= 0.6 is 22.7 Å². The fraction of sp³-hybridized carbons (Fsp3) is 0.340. The van der Waals surface area contributed by atoms with Crippen molar-refractivity contribution in [2.24, 2.45) is 0 Å². The Hall–Kier alpha value is -6.07. The molecule has 0 unspecified atom stereocenters. The highest BCUT2D eigenvalue weighted by molar-refractivity contribution is 7.24. The van der Waals surface area contributed by atoms with E-state index >= 15 is 0 Å². The van der Waals surface area contributed by atoms with Crippen LogP contribution in [-0.4, -0.2) is 114 Å². The number of carbonyl (C=O) groups excluding carboxylic acids is 2.